The van der Waals surface area contributed by atoms with Gasteiger partial charge < -0.3 is 4.42 Å². The first-order chi connectivity index (χ1) is 8.38. The van der Waals surface area contributed by atoms with E-state index in [0.29, 0.717) is 0 Å². The highest BCUT2D eigenvalue weighted by molar-refractivity contribution is 5.73. The fourth-order valence-electron chi connectivity index (χ4n) is 1.42. The third-order valence-electron chi connectivity index (χ3n) is 2.32. The van der Waals surface area contributed by atoms with Crippen LogP contribution in [0.15, 0.2) is 22.6 Å². The molecular weight excluding hydrogens is 243 g/mol. The number of benzene rings is 1. The molecule has 0 radical (unpaired) electrons. The number of nitrogens with zero attached hydrogens (tertiary/aromatic N) is 1. The Bertz CT molecular complexity index is 514. The minimum Gasteiger partial charge on any atom is -0.433 e. The molecule has 0 amide bonds. The first kappa shape index (κ1) is 14.5. The van der Waals surface area contributed by atoms with E-state index in [4.69, 9.17) is 0 Å². The van der Waals surface area contributed by atoms with Crippen LogP contribution in [0.3, 0.4) is 0 Å². The van der Waals surface area contributed by atoms with E-state index < -0.39 is 12.1 Å². The standard InChI is InChI=1S/C11H10F3NO.C2H6/c1-6(2)7-3-4-9-8(5-7)15-10(16-9)11(12,13)14;1-2/h3-6H,1-2H3;1-2H3. The summed E-state index contributed by atoms with van der Waals surface area (Å²) in [6, 6.07) is 4.89. The van der Waals surface area contributed by atoms with Gasteiger partial charge in [0.15, 0.2) is 5.58 Å². The number of hydrogen-bond donors (Lipinski definition) is 0. The van der Waals surface area contributed by atoms with E-state index in [-0.39, 0.29) is 17.0 Å². The molecule has 0 aliphatic carbocycles. The molecule has 2 aromatic rings. The van der Waals surface area contributed by atoms with E-state index in [0.717, 1.165) is 5.56 Å². The summed E-state index contributed by atoms with van der Waals surface area (Å²) >= 11 is 0. The summed E-state index contributed by atoms with van der Waals surface area (Å²) < 4.78 is 41.6. The third-order valence-corrected chi connectivity index (χ3v) is 2.32. The topological polar surface area (TPSA) is 26.0 Å². The summed E-state index contributed by atoms with van der Waals surface area (Å²) in [5, 5.41) is 0. The maximum Gasteiger partial charge on any atom is 0.468 e. The van der Waals surface area contributed by atoms with E-state index in [9.17, 15) is 13.2 Å². The van der Waals surface area contributed by atoms with Crippen molar-refractivity contribution in [3.63, 3.8) is 0 Å². The van der Waals surface area contributed by atoms with Crippen LogP contribution in [0.4, 0.5) is 13.2 Å². The average Bonchev–Trinajstić information content (AvgIpc) is 2.73. The van der Waals surface area contributed by atoms with Gasteiger partial charge in [-0.1, -0.05) is 33.8 Å². The second kappa shape index (κ2) is 5.42. The van der Waals surface area contributed by atoms with E-state index in [2.05, 4.69) is 9.40 Å². The SMILES string of the molecule is CC.CC(C)c1ccc2oc(C(F)(F)F)nc2c1. The number of rotatable bonds is 1. The van der Waals surface area contributed by atoms with E-state index >= 15 is 0 Å². The molecule has 18 heavy (non-hydrogen) atoms. The highest BCUT2D eigenvalue weighted by Crippen LogP contribution is 2.31. The fraction of sp³-hybridized carbons (Fsp3) is 0.462. The van der Waals surface area contributed by atoms with Crippen molar-refractivity contribution in [3.8, 4) is 0 Å². The molecule has 0 bridgehead atoms. The van der Waals surface area contributed by atoms with E-state index in [1.807, 2.05) is 27.7 Å². The second-order valence-corrected chi connectivity index (χ2v) is 3.90. The summed E-state index contributed by atoms with van der Waals surface area (Å²) in [6.45, 7) is 7.93. The maximum absolute atomic E-state index is 12.3. The molecule has 1 aromatic heterocycles. The zero-order valence-corrected chi connectivity index (χ0v) is 10.8. The fourth-order valence-corrected chi connectivity index (χ4v) is 1.42. The van der Waals surface area contributed by atoms with Crippen LogP contribution in [0.5, 0.6) is 0 Å². The summed E-state index contributed by atoms with van der Waals surface area (Å²) in [5.41, 5.74) is 1.35. The van der Waals surface area contributed by atoms with Gasteiger partial charge >= 0.3 is 12.1 Å². The Morgan fingerprint density at radius 1 is 1.17 bits per heavy atom. The van der Waals surface area contributed by atoms with Crippen LogP contribution in [0.25, 0.3) is 11.1 Å². The molecule has 1 heterocycles. The van der Waals surface area contributed by atoms with Gasteiger partial charge in [0.2, 0.25) is 0 Å². The number of halogens is 3. The number of fused-ring (bicyclic) bond motifs is 1. The molecule has 1 aromatic carbocycles. The predicted molar refractivity (Wildman–Crippen MR) is 64.4 cm³/mol. The highest BCUT2D eigenvalue weighted by atomic mass is 19.4. The molecule has 0 aliphatic heterocycles. The Labute approximate surface area is 104 Å². The maximum atomic E-state index is 12.3. The molecular formula is C13H16F3NO. The third kappa shape index (κ3) is 3.03. The summed E-state index contributed by atoms with van der Waals surface area (Å²) in [5.74, 6) is -0.946. The predicted octanol–water partition coefficient (Wildman–Crippen LogP) is 5.00. The summed E-state index contributed by atoms with van der Waals surface area (Å²) in [6.07, 6.45) is -4.53. The summed E-state index contributed by atoms with van der Waals surface area (Å²) in [7, 11) is 0. The van der Waals surface area contributed by atoms with Crippen LogP contribution in [-0.2, 0) is 6.18 Å². The molecule has 0 saturated carbocycles. The minimum atomic E-state index is -4.53. The van der Waals surface area contributed by atoms with Crippen LogP contribution in [0.2, 0.25) is 0 Å². The number of aromatic nitrogens is 1. The smallest absolute Gasteiger partial charge is 0.433 e. The van der Waals surface area contributed by atoms with Crippen molar-refractivity contribution in [1.29, 1.82) is 0 Å². The monoisotopic (exact) mass is 259 g/mol. The Morgan fingerprint density at radius 3 is 2.28 bits per heavy atom. The minimum absolute atomic E-state index is 0.164. The van der Waals surface area contributed by atoms with Gasteiger partial charge in [-0.05, 0) is 23.6 Å². The quantitative estimate of drug-likeness (QED) is 0.720. The number of hydrogen-bond acceptors (Lipinski definition) is 2. The Morgan fingerprint density at radius 2 is 1.78 bits per heavy atom. The van der Waals surface area contributed by atoms with Crippen molar-refractivity contribution in [2.24, 2.45) is 0 Å². The van der Waals surface area contributed by atoms with Crippen molar-refractivity contribution in [2.45, 2.75) is 39.8 Å². The first-order valence-corrected chi connectivity index (χ1v) is 5.85. The highest BCUT2D eigenvalue weighted by Gasteiger charge is 2.37. The van der Waals surface area contributed by atoms with Crippen LogP contribution in [0.1, 0.15) is 45.1 Å². The van der Waals surface area contributed by atoms with E-state index in [1.54, 1.807) is 12.1 Å². The van der Waals surface area contributed by atoms with Gasteiger partial charge in [0, 0.05) is 0 Å². The molecule has 2 rings (SSSR count). The number of oxazole rings is 1. The lowest BCUT2D eigenvalue weighted by Crippen LogP contribution is -2.04. The van der Waals surface area contributed by atoms with Crippen LogP contribution < -0.4 is 0 Å². The van der Waals surface area contributed by atoms with Crippen molar-refractivity contribution in [3.05, 3.63) is 29.7 Å². The van der Waals surface area contributed by atoms with Gasteiger partial charge in [0.05, 0.1) is 0 Å². The van der Waals surface area contributed by atoms with Crippen molar-refractivity contribution >= 4 is 11.1 Å². The molecule has 0 fully saturated rings. The Balaban J connectivity index is 0.000000771. The second-order valence-electron chi connectivity index (χ2n) is 3.90. The largest absolute Gasteiger partial charge is 0.468 e. The van der Waals surface area contributed by atoms with Crippen molar-refractivity contribution in [1.82, 2.24) is 4.98 Å². The van der Waals surface area contributed by atoms with E-state index in [1.165, 1.54) is 6.07 Å². The van der Waals surface area contributed by atoms with Crippen molar-refractivity contribution in [2.75, 3.05) is 0 Å². The summed E-state index contributed by atoms with van der Waals surface area (Å²) in [4.78, 5) is 3.44. The Kier molecular flexibility index (Phi) is 4.38. The number of alkyl halides is 3. The molecule has 0 unspecified atom stereocenters. The molecule has 0 aliphatic rings. The zero-order chi connectivity index (χ0) is 13.9. The Hall–Kier alpha value is -1.52. The molecule has 0 atom stereocenters. The van der Waals surface area contributed by atoms with Crippen LogP contribution in [-0.4, -0.2) is 4.98 Å². The average molecular weight is 259 g/mol. The zero-order valence-electron chi connectivity index (χ0n) is 10.8. The van der Waals surface area contributed by atoms with Gasteiger partial charge in [-0.2, -0.15) is 13.2 Å². The molecule has 100 valence electrons. The van der Waals surface area contributed by atoms with Crippen LogP contribution in [0, 0.1) is 0 Å². The molecule has 0 saturated heterocycles. The lowest BCUT2D eigenvalue weighted by atomic mass is 10.0. The normalized spacial score (nSPS) is 11.6. The van der Waals surface area contributed by atoms with Gasteiger partial charge in [-0.15, -0.1) is 0 Å². The van der Waals surface area contributed by atoms with Crippen molar-refractivity contribution < 1.29 is 17.6 Å². The lowest BCUT2D eigenvalue weighted by Gasteiger charge is -2.02. The molecule has 2 nitrogen and oxygen atoms in total. The van der Waals surface area contributed by atoms with Gasteiger partial charge in [-0.25, -0.2) is 4.98 Å². The first-order valence-electron chi connectivity index (χ1n) is 5.85. The van der Waals surface area contributed by atoms with Gasteiger partial charge in [-0.3, -0.25) is 0 Å². The molecule has 5 heteroatoms. The molecule has 0 N–H and O–H groups in total. The van der Waals surface area contributed by atoms with Crippen LogP contribution >= 0.6 is 0 Å². The van der Waals surface area contributed by atoms with Gasteiger partial charge in [0.1, 0.15) is 5.52 Å². The molecule has 0 spiro atoms. The van der Waals surface area contributed by atoms with Gasteiger partial charge in [0.25, 0.3) is 0 Å². The lowest BCUT2D eigenvalue weighted by molar-refractivity contribution is -0.156.